The second-order valence-electron chi connectivity index (χ2n) is 7.12. The van der Waals surface area contributed by atoms with E-state index in [-0.39, 0.29) is 12.5 Å². The van der Waals surface area contributed by atoms with Gasteiger partial charge < -0.3 is 24.6 Å². The zero-order valence-corrected chi connectivity index (χ0v) is 17.4. The molecule has 1 aliphatic heterocycles. The standard InChI is InChI=1S/C23H30N2O5/c1-2-29-20-7-9-21(10-8-20)30-17-23(27)24-19-5-3-18(4-6-19)22(26)11-12-25-13-15-28-16-14-25/h3-10,22,26H,2,11-17H2,1H3,(H,24,27). The van der Waals surface area contributed by atoms with E-state index >= 15 is 0 Å². The van der Waals surface area contributed by atoms with Gasteiger partial charge in [0.2, 0.25) is 0 Å². The summed E-state index contributed by atoms with van der Waals surface area (Å²) >= 11 is 0. The summed E-state index contributed by atoms with van der Waals surface area (Å²) in [5.41, 5.74) is 1.51. The summed E-state index contributed by atoms with van der Waals surface area (Å²) in [5.74, 6) is 1.12. The first-order chi connectivity index (χ1) is 14.6. The molecular formula is C23H30N2O5. The van der Waals surface area contributed by atoms with Crippen LogP contribution in [0.2, 0.25) is 0 Å². The fourth-order valence-corrected chi connectivity index (χ4v) is 3.23. The average molecular weight is 415 g/mol. The number of benzene rings is 2. The van der Waals surface area contributed by atoms with Gasteiger partial charge in [0.25, 0.3) is 5.91 Å². The number of carbonyl (C=O) groups is 1. The molecule has 2 aromatic rings. The number of aliphatic hydroxyl groups excluding tert-OH is 1. The minimum absolute atomic E-state index is 0.0854. The fraction of sp³-hybridized carbons (Fsp3) is 0.435. The van der Waals surface area contributed by atoms with Gasteiger partial charge >= 0.3 is 0 Å². The zero-order chi connectivity index (χ0) is 21.2. The lowest BCUT2D eigenvalue weighted by molar-refractivity contribution is -0.118. The Morgan fingerprint density at radius 1 is 1.07 bits per heavy atom. The third-order valence-electron chi connectivity index (χ3n) is 4.91. The second kappa shape index (κ2) is 11.5. The lowest BCUT2D eigenvalue weighted by atomic mass is 10.1. The van der Waals surface area contributed by atoms with E-state index in [1.165, 1.54) is 0 Å². The first kappa shape index (κ1) is 22.1. The van der Waals surface area contributed by atoms with Crippen LogP contribution in [0.15, 0.2) is 48.5 Å². The van der Waals surface area contributed by atoms with E-state index < -0.39 is 6.10 Å². The Labute approximate surface area is 177 Å². The molecule has 0 aromatic heterocycles. The van der Waals surface area contributed by atoms with Crippen molar-refractivity contribution in [2.45, 2.75) is 19.4 Å². The summed E-state index contributed by atoms with van der Waals surface area (Å²) in [6.07, 6.45) is 0.141. The molecular weight excluding hydrogens is 384 g/mol. The molecule has 1 heterocycles. The van der Waals surface area contributed by atoms with Gasteiger partial charge in [-0.1, -0.05) is 12.1 Å². The maximum Gasteiger partial charge on any atom is 0.262 e. The number of anilines is 1. The molecule has 1 saturated heterocycles. The number of carbonyl (C=O) groups excluding carboxylic acids is 1. The molecule has 0 aliphatic carbocycles. The fourth-order valence-electron chi connectivity index (χ4n) is 3.23. The van der Waals surface area contributed by atoms with Crippen LogP contribution in [0.4, 0.5) is 5.69 Å². The highest BCUT2D eigenvalue weighted by atomic mass is 16.5. The number of rotatable bonds is 10. The highest BCUT2D eigenvalue weighted by molar-refractivity contribution is 5.91. The van der Waals surface area contributed by atoms with Crippen LogP contribution in [0.25, 0.3) is 0 Å². The van der Waals surface area contributed by atoms with Gasteiger partial charge in [-0.2, -0.15) is 0 Å². The molecule has 2 aromatic carbocycles. The van der Waals surface area contributed by atoms with Crippen molar-refractivity contribution in [2.24, 2.45) is 0 Å². The summed E-state index contributed by atoms with van der Waals surface area (Å²) in [6.45, 7) is 6.62. The highest BCUT2D eigenvalue weighted by Gasteiger charge is 2.14. The summed E-state index contributed by atoms with van der Waals surface area (Å²) in [6, 6.07) is 14.4. The molecule has 1 fully saturated rings. The molecule has 1 aliphatic rings. The molecule has 0 saturated carbocycles. The van der Waals surface area contributed by atoms with Gasteiger partial charge in [0.15, 0.2) is 6.61 Å². The molecule has 1 amide bonds. The number of aliphatic hydroxyl groups is 1. The zero-order valence-electron chi connectivity index (χ0n) is 17.4. The minimum Gasteiger partial charge on any atom is -0.494 e. The minimum atomic E-state index is -0.527. The van der Waals surface area contributed by atoms with Gasteiger partial charge in [0.05, 0.1) is 25.9 Å². The molecule has 7 heteroatoms. The quantitative estimate of drug-likeness (QED) is 0.622. The van der Waals surface area contributed by atoms with Crippen molar-refractivity contribution in [1.82, 2.24) is 4.90 Å². The van der Waals surface area contributed by atoms with Gasteiger partial charge in [-0.15, -0.1) is 0 Å². The van der Waals surface area contributed by atoms with Crippen LogP contribution in [-0.2, 0) is 9.53 Å². The molecule has 3 rings (SSSR count). The van der Waals surface area contributed by atoms with Crippen molar-refractivity contribution in [2.75, 3.05) is 51.4 Å². The first-order valence-electron chi connectivity index (χ1n) is 10.4. The van der Waals surface area contributed by atoms with Crippen LogP contribution in [0.3, 0.4) is 0 Å². The second-order valence-corrected chi connectivity index (χ2v) is 7.12. The number of hydrogen-bond acceptors (Lipinski definition) is 6. The largest absolute Gasteiger partial charge is 0.494 e. The Kier molecular flexibility index (Phi) is 8.50. The van der Waals surface area contributed by atoms with Gasteiger partial charge in [-0.3, -0.25) is 9.69 Å². The van der Waals surface area contributed by atoms with Crippen LogP contribution in [0, 0.1) is 0 Å². The SMILES string of the molecule is CCOc1ccc(OCC(=O)Nc2ccc(C(O)CCN3CCOCC3)cc2)cc1. The van der Waals surface area contributed by atoms with Gasteiger partial charge in [-0.25, -0.2) is 0 Å². The van der Waals surface area contributed by atoms with E-state index in [1.54, 1.807) is 36.4 Å². The van der Waals surface area contributed by atoms with Crippen molar-refractivity contribution >= 4 is 11.6 Å². The average Bonchev–Trinajstić information content (AvgIpc) is 2.78. The Morgan fingerprint density at radius 2 is 1.70 bits per heavy atom. The van der Waals surface area contributed by atoms with Crippen LogP contribution < -0.4 is 14.8 Å². The van der Waals surface area contributed by atoms with Gasteiger partial charge in [0.1, 0.15) is 11.5 Å². The number of amides is 1. The number of nitrogens with zero attached hydrogens (tertiary/aromatic N) is 1. The lowest BCUT2D eigenvalue weighted by Gasteiger charge is -2.27. The van der Waals surface area contributed by atoms with E-state index in [1.807, 2.05) is 19.1 Å². The molecule has 1 unspecified atom stereocenters. The highest BCUT2D eigenvalue weighted by Crippen LogP contribution is 2.20. The maximum atomic E-state index is 12.1. The monoisotopic (exact) mass is 414 g/mol. The van der Waals surface area contributed by atoms with Crippen molar-refractivity contribution in [3.05, 3.63) is 54.1 Å². The molecule has 0 bridgehead atoms. The number of morpholine rings is 1. The topological polar surface area (TPSA) is 80.3 Å². The van der Waals surface area contributed by atoms with Crippen LogP contribution in [0.5, 0.6) is 11.5 Å². The van der Waals surface area contributed by atoms with E-state index in [9.17, 15) is 9.90 Å². The summed E-state index contributed by atoms with van der Waals surface area (Å²) in [4.78, 5) is 14.4. The maximum absolute atomic E-state index is 12.1. The van der Waals surface area contributed by atoms with Crippen LogP contribution >= 0.6 is 0 Å². The Balaban J connectivity index is 1.41. The van der Waals surface area contributed by atoms with E-state index in [0.717, 1.165) is 44.2 Å². The Hall–Kier alpha value is -2.61. The molecule has 0 radical (unpaired) electrons. The molecule has 1 atom stereocenters. The van der Waals surface area contributed by atoms with E-state index in [2.05, 4.69) is 10.2 Å². The van der Waals surface area contributed by atoms with Crippen molar-refractivity contribution in [1.29, 1.82) is 0 Å². The van der Waals surface area contributed by atoms with E-state index in [0.29, 0.717) is 24.5 Å². The molecule has 162 valence electrons. The van der Waals surface area contributed by atoms with Crippen LogP contribution in [-0.4, -0.2) is 62.0 Å². The van der Waals surface area contributed by atoms with Crippen molar-refractivity contribution in [3.63, 3.8) is 0 Å². The number of ether oxygens (including phenoxy) is 3. The summed E-state index contributed by atoms with van der Waals surface area (Å²) < 4.78 is 16.2. The smallest absolute Gasteiger partial charge is 0.262 e. The van der Waals surface area contributed by atoms with Crippen LogP contribution in [0.1, 0.15) is 25.0 Å². The summed E-state index contributed by atoms with van der Waals surface area (Å²) in [7, 11) is 0. The molecule has 30 heavy (non-hydrogen) atoms. The van der Waals surface area contributed by atoms with Gasteiger partial charge in [-0.05, 0) is 55.3 Å². The van der Waals surface area contributed by atoms with Crippen molar-refractivity contribution in [3.8, 4) is 11.5 Å². The Morgan fingerprint density at radius 3 is 2.33 bits per heavy atom. The molecule has 0 spiro atoms. The Bertz CT molecular complexity index is 773. The lowest BCUT2D eigenvalue weighted by Crippen LogP contribution is -2.37. The predicted molar refractivity (Wildman–Crippen MR) is 115 cm³/mol. The van der Waals surface area contributed by atoms with Crippen molar-refractivity contribution < 1.29 is 24.1 Å². The van der Waals surface area contributed by atoms with Gasteiger partial charge in [0, 0.05) is 25.3 Å². The third-order valence-corrected chi connectivity index (χ3v) is 4.91. The number of nitrogens with one attached hydrogen (secondary N) is 1. The van der Waals surface area contributed by atoms with E-state index in [4.69, 9.17) is 14.2 Å². The molecule has 7 nitrogen and oxygen atoms in total. The predicted octanol–water partition coefficient (Wildman–Crippen LogP) is 2.86. The third kappa shape index (κ3) is 7.02. The summed E-state index contributed by atoms with van der Waals surface area (Å²) in [5, 5.41) is 13.2. The normalized spacial score (nSPS) is 15.4. The molecule has 2 N–H and O–H groups in total. The first-order valence-corrected chi connectivity index (χ1v) is 10.4. The number of hydrogen-bond donors (Lipinski definition) is 2.